The summed E-state index contributed by atoms with van der Waals surface area (Å²) in [6, 6.07) is 7.69. The van der Waals surface area contributed by atoms with Crippen molar-refractivity contribution in [1.82, 2.24) is 9.88 Å². The number of aromatic nitrogens is 1. The fourth-order valence-electron chi connectivity index (χ4n) is 3.25. The lowest BCUT2D eigenvalue weighted by Crippen LogP contribution is -2.38. The Balaban J connectivity index is 1.99. The number of likely N-dealkylation sites (N-methyl/N-ethyl adjacent to an activating group) is 1. The number of amides is 1. The molecule has 0 aliphatic rings. The molecule has 0 fully saturated rings. The molecule has 1 aromatic heterocycles. The molecule has 0 bridgehead atoms. The van der Waals surface area contributed by atoms with Crippen LogP contribution in [0, 0.1) is 11.6 Å². The van der Waals surface area contributed by atoms with Gasteiger partial charge in [-0.3, -0.25) is 9.69 Å². The summed E-state index contributed by atoms with van der Waals surface area (Å²) in [4.78, 5) is 21.3. The highest BCUT2D eigenvalue weighted by Crippen LogP contribution is 2.32. The molecule has 0 saturated carbocycles. The van der Waals surface area contributed by atoms with Crippen LogP contribution in [-0.4, -0.2) is 56.1 Å². The van der Waals surface area contributed by atoms with Gasteiger partial charge in [0.05, 0.1) is 15.3 Å². The maximum atomic E-state index is 14.2. The van der Waals surface area contributed by atoms with Gasteiger partial charge in [-0.15, -0.1) is 0 Å². The van der Waals surface area contributed by atoms with E-state index in [-0.39, 0.29) is 26.9 Å². The summed E-state index contributed by atoms with van der Waals surface area (Å²) in [6.07, 6.45) is 0. The minimum Gasteiger partial charge on any atom is -0.302 e. The lowest BCUT2D eigenvalue weighted by Gasteiger charge is -2.24. The Kier molecular flexibility index (Phi) is 7.58. The monoisotopic (exact) mass is 481 g/mol. The molecule has 2 aromatic carbocycles. The van der Waals surface area contributed by atoms with E-state index in [4.69, 9.17) is 0 Å². The van der Waals surface area contributed by atoms with Gasteiger partial charge in [-0.25, -0.2) is 22.2 Å². The number of anilines is 1. The number of carbonyl (C=O) groups is 1. The van der Waals surface area contributed by atoms with Crippen LogP contribution in [0.15, 0.2) is 41.3 Å². The zero-order chi connectivity index (χ0) is 23.5. The van der Waals surface area contributed by atoms with Gasteiger partial charge in [-0.05, 0) is 43.4 Å². The maximum Gasteiger partial charge on any atom is 0.260 e. The van der Waals surface area contributed by atoms with Crippen molar-refractivity contribution in [3.05, 3.63) is 53.6 Å². The summed E-state index contributed by atoms with van der Waals surface area (Å²) >= 11 is 1.03. The molecule has 1 amide bonds. The lowest BCUT2D eigenvalue weighted by molar-refractivity contribution is 0.0983. The van der Waals surface area contributed by atoms with Crippen LogP contribution in [0.4, 0.5) is 13.9 Å². The van der Waals surface area contributed by atoms with E-state index in [9.17, 15) is 22.0 Å². The van der Waals surface area contributed by atoms with Gasteiger partial charge >= 0.3 is 0 Å². The van der Waals surface area contributed by atoms with E-state index >= 15 is 0 Å². The van der Waals surface area contributed by atoms with Crippen molar-refractivity contribution in [3.8, 4) is 0 Å². The second-order valence-corrected chi connectivity index (χ2v) is 10.4. The van der Waals surface area contributed by atoms with Crippen molar-refractivity contribution in [2.75, 3.05) is 36.8 Å². The van der Waals surface area contributed by atoms with Crippen LogP contribution in [0.5, 0.6) is 0 Å². The summed E-state index contributed by atoms with van der Waals surface area (Å²) in [5, 5.41) is 0.256. The first-order valence-corrected chi connectivity index (χ1v) is 12.8. The smallest absolute Gasteiger partial charge is 0.260 e. The van der Waals surface area contributed by atoms with Gasteiger partial charge < -0.3 is 4.90 Å². The van der Waals surface area contributed by atoms with Crippen LogP contribution in [0.25, 0.3) is 10.2 Å². The quantitative estimate of drug-likeness (QED) is 0.454. The molecular weight excluding hydrogens is 456 g/mol. The molecule has 172 valence electrons. The fraction of sp³-hybridized carbons (Fsp3) is 0.364. The summed E-state index contributed by atoms with van der Waals surface area (Å²) < 4.78 is 52.3. The minimum atomic E-state index is -3.39. The number of halogens is 2. The lowest BCUT2D eigenvalue weighted by atomic mass is 10.2. The van der Waals surface area contributed by atoms with Crippen molar-refractivity contribution in [1.29, 1.82) is 0 Å². The third kappa shape index (κ3) is 5.13. The van der Waals surface area contributed by atoms with Crippen LogP contribution >= 0.6 is 11.3 Å². The van der Waals surface area contributed by atoms with E-state index in [2.05, 4.69) is 9.88 Å². The van der Waals surface area contributed by atoms with E-state index in [0.717, 1.165) is 30.5 Å². The maximum absolute atomic E-state index is 14.2. The molecule has 10 heteroatoms. The van der Waals surface area contributed by atoms with Gasteiger partial charge in [0, 0.05) is 24.7 Å². The fourth-order valence-corrected chi connectivity index (χ4v) is 5.17. The van der Waals surface area contributed by atoms with Gasteiger partial charge in [0.1, 0.15) is 11.3 Å². The third-order valence-electron chi connectivity index (χ3n) is 5.25. The predicted molar refractivity (Wildman–Crippen MR) is 123 cm³/mol. The van der Waals surface area contributed by atoms with E-state index in [1.165, 1.54) is 35.2 Å². The highest BCUT2D eigenvalue weighted by atomic mass is 32.2. The van der Waals surface area contributed by atoms with Crippen LogP contribution in [0.3, 0.4) is 0 Å². The molecule has 6 nitrogen and oxygen atoms in total. The number of fused-ring (bicyclic) bond motifs is 1. The van der Waals surface area contributed by atoms with Gasteiger partial charge in [0.15, 0.2) is 20.8 Å². The molecule has 0 atom stereocenters. The summed E-state index contributed by atoms with van der Waals surface area (Å²) in [5.41, 5.74) is 0.293. The molecule has 3 aromatic rings. The number of hydrogen-bond acceptors (Lipinski definition) is 6. The molecule has 1 heterocycles. The van der Waals surface area contributed by atoms with Gasteiger partial charge in [-0.1, -0.05) is 32.1 Å². The zero-order valence-corrected chi connectivity index (χ0v) is 19.8. The average Bonchev–Trinajstić information content (AvgIpc) is 3.20. The summed E-state index contributed by atoms with van der Waals surface area (Å²) in [7, 11) is -3.39. The number of sulfone groups is 1. The van der Waals surface area contributed by atoms with Crippen molar-refractivity contribution in [3.63, 3.8) is 0 Å². The largest absolute Gasteiger partial charge is 0.302 e. The Labute approximate surface area is 190 Å². The number of rotatable bonds is 9. The van der Waals surface area contributed by atoms with E-state index in [0.29, 0.717) is 17.8 Å². The van der Waals surface area contributed by atoms with E-state index in [1.54, 1.807) is 6.92 Å². The SMILES string of the molecule is CCN(CC)CCN(C(=O)c1ccc(S(=O)(=O)CC)cc1)c1nc2c(F)cc(F)cc2s1. The standard InChI is InChI=1S/C22H25F2N3O3S2/c1-4-26(5-2)11-12-27(22-25-20-18(24)13-16(23)14-19(20)31-22)21(28)15-7-9-17(10-8-15)32(29,30)6-3/h7-10,13-14H,4-6,11-12H2,1-3H3. The number of nitrogens with zero attached hydrogens (tertiary/aromatic N) is 3. The number of benzene rings is 2. The molecule has 0 aliphatic carbocycles. The van der Waals surface area contributed by atoms with Gasteiger partial charge in [0.25, 0.3) is 5.91 Å². The zero-order valence-electron chi connectivity index (χ0n) is 18.1. The summed E-state index contributed by atoms with van der Waals surface area (Å²) in [6.45, 7) is 8.02. The van der Waals surface area contributed by atoms with Gasteiger partial charge in [0.2, 0.25) is 0 Å². The second-order valence-electron chi connectivity index (χ2n) is 7.14. The van der Waals surface area contributed by atoms with Crippen LogP contribution < -0.4 is 4.90 Å². The molecular formula is C22H25F2N3O3S2. The third-order valence-corrected chi connectivity index (χ3v) is 8.03. The predicted octanol–water partition coefficient (Wildman–Crippen LogP) is 4.36. The average molecular weight is 482 g/mol. The van der Waals surface area contributed by atoms with Crippen molar-refractivity contribution < 1.29 is 22.0 Å². The van der Waals surface area contributed by atoms with Crippen LogP contribution in [0.1, 0.15) is 31.1 Å². The van der Waals surface area contributed by atoms with Crippen LogP contribution in [-0.2, 0) is 9.84 Å². The van der Waals surface area contributed by atoms with Crippen molar-refractivity contribution >= 4 is 42.4 Å². The highest BCUT2D eigenvalue weighted by Gasteiger charge is 2.24. The van der Waals surface area contributed by atoms with Crippen LogP contribution in [0.2, 0.25) is 0 Å². The summed E-state index contributed by atoms with van der Waals surface area (Å²) in [5.74, 6) is -1.92. The van der Waals surface area contributed by atoms with E-state index < -0.39 is 27.4 Å². The first-order chi connectivity index (χ1) is 15.2. The Morgan fingerprint density at radius 3 is 2.28 bits per heavy atom. The molecule has 0 aliphatic heterocycles. The molecule has 0 radical (unpaired) electrons. The second kappa shape index (κ2) is 10.0. The Bertz CT molecular complexity index is 1210. The topological polar surface area (TPSA) is 70.6 Å². The van der Waals surface area contributed by atoms with Crippen molar-refractivity contribution in [2.45, 2.75) is 25.7 Å². The van der Waals surface area contributed by atoms with E-state index in [1.807, 2.05) is 13.8 Å². The molecule has 3 rings (SSSR count). The molecule has 0 spiro atoms. The number of hydrogen-bond donors (Lipinski definition) is 0. The Hall–Kier alpha value is -2.43. The first-order valence-electron chi connectivity index (χ1n) is 10.3. The molecule has 0 saturated heterocycles. The number of carbonyl (C=O) groups excluding carboxylic acids is 1. The minimum absolute atomic E-state index is 0.0106. The molecule has 0 N–H and O–H groups in total. The highest BCUT2D eigenvalue weighted by molar-refractivity contribution is 7.91. The van der Waals surface area contributed by atoms with Gasteiger partial charge in [-0.2, -0.15) is 0 Å². The van der Waals surface area contributed by atoms with Crippen molar-refractivity contribution in [2.24, 2.45) is 0 Å². The number of thiazole rings is 1. The normalized spacial score (nSPS) is 11.9. The Morgan fingerprint density at radius 2 is 1.69 bits per heavy atom. The molecule has 0 unspecified atom stereocenters. The first kappa shape index (κ1) is 24.2. The Morgan fingerprint density at radius 1 is 1.03 bits per heavy atom. The molecule has 32 heavy (non-hydrogen) atoms.